The van der Waals surface area contributed by atoms with Gasteiger partial charge in [0.25, 0.3) is 5.91 Å². The van der Waals surface area contributed by atoms with E-state index in [0.717, 1.165) is 30.8 Å². The number of carbonyl (C=O) groups is 1. The van der Waals surface area contributed by atoms with Crippen molar-refractivity contribution in [2.75, 3.05) is 6.54 Å². The first-order chi connectivity index (χ1) is 5.79. The molecule has 1 aliphatic rings. The number of aromatic nitrogens is 2. The zero-order valence-corrected chi connectivity index (χ0v) is 6.55. The van der Waals surface area contributed by atoms with Crippen molar-refractivity contribution < 1.29 is 4.79 Å². The number of carbonyl (C=O) groups excluding carboxylic acids is 1. The highest BCUT2D eigenvalue weighted by molar-refractivity contribution is 5.92. The molecular weight excluding hydrogens is 156 g/mol. The summed E-state index contributed by atoms with van der Waals surface area (Å²) < 4.78 is 0. The van der Waals surface area contributed by atoms with Crippen molar-refractivity contribution in [3.63, 3.8) is 0 Å². The maximum Gasteiger partial charge on any atom is 0.269 e. The molecule has 0 saturated heterocycles. The lowest BCUT2D eigenvalue weighted by molar-refractivity contribution is 0.0994. The Balaban J connectivity index is 2.44. The summed E-state index contributed by atoms with van der Waals surface area (Å²) in [6.45, 7) is 1.63. The average molecular weight is 166 g/mol. The highest BCUT2D eigenvalue weighted by atomic mass is 16.1. The van der Waals surface area contributed by atoms with Crippen molar-refractivity contribution in [1.29, 1.82) is 0 Å². The molecular formula is C7H10N4O. The summed E-state index contributed by atoms with van der Waals surface area (Å²) in [6, 6.07) is 0. The predicted octanol–water partition coefficient (Wildman–Crippen LogP) is -0.846. The molecule has 0 spiro atoms. The molecule has 0 aliphatic carbocycles. The van der Waals surface area contributed by atoms with Gasteiger partial charge in [0.05, 0.1) is 5.69 Å². The smallest absolute Gasteiger partial charge is 0.269 e. The van der Waals surface area contributed by atoms with E-state index in [-0.39, 0.29) is 0 Å². The summed E-state index contributed by atoms with van der Waals surface area (Å²) in [5, 5.41) is 9.82. The number of nitrogens with two attached hydrogens (primary N) is 1. The van der Waals surface area contributed by atoms with Gasteiger partial charge in [-0.25, -0.2) is 0 Å². The lowest BCUT2D eigenvalue weighted by Gasteiger charge is -2.11. The van der Waals surface area contributed by atoms with Crippen LogP contribution in [0.1, 0.15) is 21.7 Å². The molecule has 0 fully saturated rings. The fourth-order valence-corrected chi connectivity index (χ4v) is 1.45. The van der Waals surface area contributed by atoms with E-state index < -0.39 is 5.91 Å². The molecule has 0 saturated carbocycles. The Morgan fingerprint density at radius 1 is 1.58 bits per heavy atom. The van der Waals surface area contributed by atoms with Gasteiger partial charge in [0.1, 0.15) is 0 Å². The summed E-state index contributed by atoms with van der Waals surface area (Å²) >= 11 is 0. The lowest BCUT2D eigenvalue weighted by Crippen LogP contribution is -2.25. The number of nitrogens with zero attached hydrogens (tertiary/aromatic N) is 1. The minimum Gasteiger partial charge on any atom is -0.364 e. The van der Waals surface area contributed by atoms with Gasteiger partial charge in [0.15, 0.2) is 5.69 Å². The minimum atomic E-state index is -0.450. The summed E-state index contributed by atoms with van der Waals surface area (Å²) in [5.74, 6) is -0.450. The molecule has 4 N–H and O–H groups in total. The maximum atomic E-state index is 10.9. The number of amides is 1. The molecule has 2 heterocycles. The molecule has 0 unspecified atom stereocenters. The van der Waals surface area contributed by atoms with Gasteiger partial charge in [-0.3, -0.25) is 9.89 Å². The van der Waals surface area contributed by atoms with Crippen LogP contribution in [0.2, 0.25) is 0 Å². The third kappa shape index (κ3) is 0.984. The van der Waals surface area contributed by atoms with E-state index in [4.69, 9.17) is 5.73 Å². The molecule has 5 nitrogen and oxygen atoms in total. The van der Waals surface area contributed by atoms with Crippen LogP contribution in [0.5, 0.6) is 0 Å². The standard InChI is InChI=1S/C7H10N4O/c8-7(12)6-4-1-2-9-3-5(4)10-11-6/h9H,1-3H2,(H2,8,12)(H,10,11). The van der Waals surface area contributed by atoms with Crippen molar-refractivity contribution >= 4 is 5.91 Å². The highest BCUT2D eigenvalue weighted by Gasteiger charge is 2.18. The van der Waals surface area contributed by atoms with Crippen LogP contribution in [0.3, 0.4) is 0 Å². The Kier molecular flexibility index (Phi) is 1.58. The topological polar surface area (TPSA) is 83.8 Å². The molecule has 1 aromatic heterocycles. The third-order valence-electron chi connectivity index (χ3n) is 2.04. The third-order valence-corrected chi connectivity index (χ3v) is 2.04. The van der Waals surface area contributed by atoms with Crippen molar-refractivity contribution in [3.05, 3.63) is 17.0 Å². The van der Waals surface area contributed by atoms with Crippen molar-refractivity contribution in [2.24, 2.45) is 5.73 Å². The Labute approximate surface area is 69.3 Å². The molecule has 1 amide bonds. The lowest BCUT2D eigenvalue weighted by atomic mass is 10.1. The van der Waals surface area contributed by atoms with E-state index >= 15 is 0 Å². The van der Waals surface area contributed by atoms with Crippen molar-refractivity contribution in [1.82, 2.24) is 15.5 Å². The van der Waals surface area contributed by atoms with Crippen molar-refractivity contribution in [3.8, 4) is 0 Å². The quantitative estimate of drug-likeness (QED) is 0.508. The zero-order valence-electron chi connectivity index (χ0n) is 6.55. The molecule has 2 rings (SSSR count). The number of fused-ring (bicyclic) bond motifs is 1. The van der Waals surface area contributed by atoms with Crippen LogP contribution in [0, 0.1) is 0 Å². The molecule has 0 atom stereocenters. The Hall–Kier alpha value is -1.36. The zero-order chi connectivity index (χ0) is 8.55. The fraction of sp³-hybridized carbons (Fsp3) is 0.429. The summed E-state index contributed by atoms with van der Waals surface area (Å²) in [6.07, 6.45) is 0.824. The number of aromatic amines is 1. The number of rotatable bonds is 1. The molecule has 5 heteroatoms. The molecule has 1 aliphatic heterocycles. The largest absolute Gasteiger partial charge is 0.364 e. The van der Waals surface area contributed by atoms with Crippen LogP contribution in [-0.2, 0) is 13.0 Å². The van der Waals surface area contributed by atoms with E-state index in [9.17, 15) is 4.79 Å². The second-order valence-electron chi connectivity index (χ2n) is 2.82. The summed E-state index contributed by atoms with van der Waals surface area (Å²) in [7, 11) is 0. The maximum absolute atomic E-state index is 10.9. The number of H-pyrrole nitrogens is 1. The molecule has 1 aromatic rings. The predicted molar refractivity (Wildman–Crippen MR) is 42.5 cm³/mol. The van der Waals surface area contributed by atoms with E-state index in [1.54, 1.807) is 0 Å². The second kappa shape index (κ2) is 2.60. The van der Waals surface area contributed by atoms with Gasteiger partial charge >= 0.3 is 0 Å². The van der Waals surface area contributed by atoms with Gasteiger partial charge in [0, 0.05) is 12.1 Å². The summed E-state index contributed by atoms with van der Waals surface area (Å²) in [5.41, 5.74) is 7.49. The van der Waals surface area contributed by atoms with E-state index in [2.05, 4.69) is 15.5 Å². The molecule has 64 valence electrons. The van der Waals surface area contributed by atoms with Crippen LogP contribution >= 0.6 is 0 Å². The SMILES string of the molecule is NC(=O)c1n[nH]c2c1CCNC2. The van der Waals surface area contributed by atoms with E-state index in [1.807, 2.05) is 0 Å². The molecule has 0 radical (unpaired) electrons. The van der Waals surface area contributed by atoms with E-state index in [0.29, 0.717) is 5.69 Å². The van der Waals surface area contributed by atoms with Gasteiger partial charge in [-0.2, -0.15) is 5.10 Å². The number of nitrogens with one attached hydrogen (secondary N) is 2. The number of primary amides is 1. The summed E-state index contributed by atoms with van der Waals surface area (Å²) in [4.78, 5) is 10.9. The van der Waals surface area contributed by atoms with Gasteiger partial charge in [-0.1, -0.05) is 0 Å². The highest BCUT2D eigenvalue weighted by Crippen LogP contribution is 2.14. The van der Waals surface area contributed by atoms with Gasteiger partial charge < -0.3 is 11.1 Å². The van der Waals surface area contributed by atoms with Crippen LogP contribution in [0.4, 0.5) is 0 Å². The van der Waals surface area contributed by atoms with E-state index in [1.165, 1.54) is 0 Å². The Bertz CT molecular complexity index is 317. The number of hydrogen-bond acceptors (Lipinski definition) is 3. The Morgan fingerprint density at radius 2 is 2.42 bits per heavy atom. The first-order valence-corrected chi connectivity index (χ1v) is 3.85. The molecule has 0 bridgehead atoms. The second-order valence-corrected chi connectivity index (χ2v) is 2.82. The van der Waals surface area contributed by atoms with Crippen LogP contribution in [0.25, 0.3) is 0 Å². The van der Waals surface area contributed by atoms with Crippen LogP contribution in [0.15, 0.2) is 0 Å². The van der Waals surface area contributed by atoms with Gasteiger partial charge in [-0.15, -0.1) is 0 Å². The monoisotopic (exact) mass is 166 g/mol. The minimum absolute atomic E-state index is 0.395. The molecule has 12 heavy (non-hydrogen) atoms. The van der Waals surface area contributed by atoms with Crippen LogP contribution < -0.4 is 11.1 Å². The first-order valence-electron chi connectivity index (χ1n) is 3.85. The van der Waals surface area contributed by atoms with Crippen LogP contribution in [-0.4, -0.2) is 22.6 Å². The number of hydrogen-bond donors (Lipinski definition) is 3. The fourth-order valence-electron chi connectivity index (χ4n) is 1.45. The van der Waals surface area contributed by atoms with Gasteiger partial charge in [-0.05, 0) is 13.0 Å². The van der Waals surface area contributed by atoms with Gasteiger partial charge in [0.2, 0.25) is 0 Å². The van der Waals surface area contributed by atoms with Crippen molar-refractivity contribution in [2.45, 2.75) is 13.0 Å². The average Bonchev–Trinajstić information content (AvgIpc) is 2.47. The first kappa shape index (κ1) is 7.30. The Morgan fingerprint density at radius 3 is 3.17 bits per heavy atom. The molecule has 0 aromatic carbocycles. The normalized spacial score (nSPS) is 15.7.